The van der Waals surface area contributed by atoms with Crippen molar-refractivity contribution in [2.75, 3.05) is 25.5 Å². The number of benzene rings is 1. The van der Waals surface area contributed by atoms with Gasteiger partial charge >= 0.3 is 0 Å². The van der Waals surface area contributed by atoms with Gasteiger partial charge in [0.1, 0.15) is 0 Å². The Bertz CT molecular complexity index is 490. The quantitative estimate of drug-likeness (QED) is 0.827. The molecule has 0 saturated carbocycles. The van der Waals surface area contributed by atoms with E-state index in [9.17, 15) is 0 Å². The summed E-state index contributed by atoms with van der Waals surface area (Å²) in [4.78, 5) is 3.89. The zero-order valence-electron chi connectivity index (χ0n) is 12.6. The third kappa shape index (κ3) is 4.66. The Hall–Kier alpha value is -1.32. The molecule has 0 amide bonds. The molecule has 1 aromatic heterocycles. The van der Waals surface area contributed by atoms with Crippen LogP contribution in [0.3, 0.4) is 0 Å². The van der Waals surface area contributed by atoms with Gasteiger partial charge in [-0.2, -0.15) is 0 Å². The van der Waals surface area contributed by atoms with Crippen LogP contribution in [-0.2, 0) is 6.42 Å². The van der Waals surface area contributed by atoms with Gasteiger partial charge in [0.2, 0.25) is 0 Å². The predicted octanol–water partition coefficient (Wildman–Crippen LogP) is 4.03. The first-order valence-corrected chi connectivity index (χ1v) is 8.06. The Labute approximate surface area is 126 Å². The summed E-state index contributed by atoms with van der Waals surface area (Å²) in [6, 6.07) is 13.5. The molecular formula is C17H24N2S. The molecule has 0 bridgehead atoms. The average Bonchev–Trinajstić information content (AvgIpc) is 2.93. The van der Waals surface area contributed by atoms with Crippen LogP contribution in [0.25, 0.3) is 0 Å². The van der Waals surface area contributed by atoms with Crippen LogP contribution in [0.5, 0.6) is 0 Å². The fourth-order valence-corrected chi connectivity index (χ4v) is 2.97. The Kier molecular flexibility index (Phi) is 5.62. The van der Waals surface area contributed by atoms with Crippen molar-refractivity contribution in [3.05, 3.63) is 52.2 Å². The second kappa shape index (κ2) is 7.46. The molecule has 108 valence electrons. The monoisotopic (exact) mass is 288 g/mol. The van der Waals surface area contributed by atoms with Gasteiger partial charge in [-0.3, -0.25) is 0 Å². The number of hydrogen-bond donors (Lipinski definition) is 1. The van der Waals surface area contributed by atoms with Crippen molar-refractivity contribution in [1.29, 1.82) is 0 Å². The molecule has 0 aliphatic carbocycles. The minimum Gasteiger partial charge on any atom is -0.384 e. The molecule has 0 spiro atoms. The molecule has 0 fully saturated rings. The lowest BCUT2D eigenvalue weighted by Gasteiger charge is -2.24. The number of anilines is 1. The number of thiophene rings is 1. The molecule has 1 aromatic carbocycles. The van der Waals surface area contributed by atoms with Crippen LogP contribution in [0, 0.1) is 6.92 Å². The van der Waals surface area contributed by atoms with E-state index in [4.69, 9.17) is 0 Å². The number of rotatable bonds is 7. The molecule has 20 heavy (non-hydrogen) atoms. The predicted molar refractivity (Wildman–Crippen MR) is 89.8 cm³/mol. The van der Waals surface area contributed by atoms with Gasteiger partial charge in [-0.05, 0) is 50.9 Å². The van der Waals surface area contributed by atoms with E-state index in [0.717, 1.165) is 19.5 Å². The molecule has 1 atom stereocenters. The lowest BCUT2D eigenvalue weighted by Crippen LogP contribution is -2.34. The lowest BCUT2D eigenvalue weighted by atomic mass is 10.2. The number of likely N-dealkylation sites (N-methyl/N-ethyl adjacent to an activating group) is 1. The van der Waals surface area contributed by atoms with Crippen LogP contribution in [-0.4, -0.2) is 31.1 Å². The zero-order chi connectivity index (χ0) is 14.4. The third-order valence-electron chi connectivity index (χ3n) is 3.67. The van der Waals surface area contributed by atoms with Crippen molar-refractivity contribution in [3.8, 4) is 0 Å². The van der Waals surface area contributed by atoms with Crippen LogP contribution in [0.2, 0.25) is 0 Å². The van der Waals surface area contributed by atoms with Crippen molar-refractivity contribution < 1.29 is 0 Å². The molecule has 2 aromatic rings. The van der Waals surface area contributed by atoms with Gasteiger partial charge < -0.3 is 10.2 Å². The summed E-state index contributed by atoms with van der Waals surface area (Å²) >= 11 is 1.85. The maximum atomic E-state index is 3.48. The maximum absolute atomic E-state index is 3.48. The molecule has 2 rings (SSSR count). The molecule has 1 N–H and O–H groups in total. The van der Waals surface area contributed by atoms with Crippen LogP contribution < -0.4 is 5.32 Å². The smallest absolute Gasteiger partial charge is 0.0340 e. The highest BCUT2D eigenvalue weighted by Gasteiger charge is 2.09. The highest BCUT2D eigenvalue weighted by Crippen LogP contribution is 2.13. The van der Waals surface area contributed by atoms with E-state index in [2.05, 4.69) is 72.9 Å². The Morgan fingerprint density at radius 3 is 2.60 bits per heavy atom. The standard InChI is InChI=1S/C17H24N2S/c1-14-6-8-16(9-7-14)18-10-11-19(3)15(2)13-17-5-4-12-20-17/h4-9,12,15,18H,10-11,13H2,1-3H3. The number of hydrogen-bond acceptors (Lipinski definition) is 3. The lowest BCUT2D eigenvalue weighted by molar-refractivity contribution is 0.267. The summed E-state index contributed by atoms with van der Waals surface area (Å²) in [5.41, 5.74) is 2.51. The van der Waals surface area contributed by atoms with Crippen molar-refractivity contribution in [1.82, 2.24) is 4.90 Å². The second-order valence-electron chi connectivity index (χ2n) is 5.41. The molecule has 3 heteroatoms. The molecule has 1 unspecified atom stereocenters. The fourth-order valence-electron chi connectivity index (χ4n) is 2.14. The summed E-state index contributed by atoms with van der Waals surface area (Å²) in [7, 11) is 2.20. The topological polar surface area (TPSA) is 15.3 Å². The molecule has 0 aliphatic rings. The molecule has 2 nitrogen and oxygen atoms in total. The summed E-state index contributed by atoms with van der Waals surface area (Å²) in [5.74, 6) is 0. The van der Waals surface area contributed by atoms with Crippen molar-refractivity contribution in [2.45, 2.75) is 26.3 Å². The molecule has 0 saturated heterocycles. The fraction of sp³-hybridized carbons (Fsp3) is 0.412. The number of nitrogens with one attached hydrogen (secondary N) is 1. The van der Waals surface area contributed by atoms with Crippen molar-refractivity contribution >= 4 is 17.0 Å². The summed E-state index contributed by atoms with van der Waals surface area (Å²) in [5, 5.41) is 5.63. The normalized spacial score (nSPS) is 12.6. The summed E-state index contributed by atoms with van der Waals surface area (Å²) in [6.45, 7) is 6.45. The molecule has 0 aliphatic heterocycles. The number of nitrogens with zero attached hydrogens (tertiary/aromatic N) is 1. The Morgan fingerprint density at radius 2 is 1.95 bits per heavy atom. The van der Waals surface area contributed by atoms with E-state index in [1.807, 2.05) is 11.3 Å². The van der Waals surface area contributed by atoms with E-state index in [0.29, 0.717) is 6.04 Å². The van der Waals surface area contributed by atoms with Gasteiger partial charge in [0.15, 0.2) is 0 Å². The molecular weight excluding hydrogens is 264 g/mol. The van der Waals surface area contributed by atoms with E-state index in [1.54, 1.807) is 0 Å². The van der Waals surface area contributed by atoms with Gasteiger partial charge in [0.05, 0.1) is 0 Å². The van der Waals surface area contributed by atoms with Gasteiger partial charge in [-0.25, -0.2) is 0 Å². The maximum Gasteiger partial charge on any atom is 0.0340 e. The first kappa shape index (κ1) is 15.1. The zero-order valence-corrected chi connectivity index (χ0v) is 13.4. The number of aryl methyl sites for hydroxylation is 1. The largest absolute Gasteiger partial charge is 0.384 e. The van der Waals surface area contributed by atoms with Crippen LogP contribution >= 0.6 is 11.3 Å². The van der Waals surface area contributed by atoms with Gasteiger partial charge in [0.25, 0.3) is 0 Å². The van der Waals surface area contributed by atoms with Crippen LogP contribution in [0.1, 0.15) is 17.4 Å². The Morgan fingerprint density at radius 1 is 1.20 bits per heavy atom. The van der Waals surface area contributed by atoms with Crippen molar-refractivity contribution in [3.63, 3.8) is 0 Å². The van der Waals surface area contributed by atoms with E-state index in [-0.39, 0.29) is 0 Å². The van der Waals surface area contributed by atoms with Gasteiger partial charge in [-0.1, -0.05) is 23.8 Å². The summed E-state index contributed by atoms with van der Waals surface area (Å²) < 4.78 is 0. The SMILES string of the molecule is Cc1ccc(NCCN(C)C(C)Cc2cccs2)cc1. The second-order valence-corrected chi connectivity index (χ2v) is 6.44. The van der Waals surface area contributed by atoms with E-state index in [1.165, 1.54) is 16.1 Å². The minimum atomic E-state index is 0.577. The highest BCUT2D eigenvalue weighted by atomic mass is 32.1. The van der Waals surface area contributed by atoms with Crippen LogP contribution in [0.15, 0.2) is 41.8 Å². The van der Waals surface area contributed by atoms with E-state index >= 15 is 0 Å². The molecule has 1 heterocycles. The first-order chi connectivity index (χ1) is 9.65. The minimum absolute atomic E-state index is 0.577. The van der Waals surface area contributed by atoms with Gasteiger partial charge in [-0.15, -0.1) is 11.3 Å². The summed E-state index contributed by atoms with van der Waals surface area (Å²) in [6.07, 6.45) is 1.14. The highest BCUT2D eigenvalue weighted by molar-refractivity contribution is 7.09. The van der Waals surface area contributed by atoms with E-state index < -0.39 is 0 Å². The Balaban J connectivity index is 1.71. The van der Waals surface area contributed by atoms with Crippen molar-refractivity contribution in [2.24, 2.45) is 0 Å². The first-order valence-electron chi connectivity index (χ1n) is 7.18. The third-order valence-corrected chi connectivity index (χ3v) is 4.57. The van der Waals surface area contributed by atoms with Crippen LogP contribution in [0.4, 0.5) is 5.69 Å². The average molecular weight is 288 g/mol. The van der Waals surface area contributed by atoms with Gasteiger partial charge in [0, 0.05) is 29.7 Å². The molecule has 0 radical (unpaired) electrons.